The van der Waals surface area contributed by atoms with Gasteiger partial charge < -0.3 is 5.32 Å². The second-order valence-corrected chi connectivity index (χ2v) is 5.25. The molecule has 3 aromatic rings. The van der Waals surface area contributed by atoms with Crippen LogP contribution in [0, 0.1) is 19.7 Å². The van der Waals surface area contributed by atoms with Crippen molar-refractivity contribution in [1.29, 1.82) is 0 Å². The van der Waals surface area contributed by atoms with Gasteiger partial charge in [0.15, 0.2) is 0 Å². The van der Waals surface area contributed by atoms with E-state index < -0.39 is 0 Å². The number of nitrogens with one attached hydrogen (secondary N) is 2. The standard InChI is InChI=1S/C16H16FN5O/c1-10-15(7-16(23)20-13-8-18-19-9-13)11(2)22(21-10)14-5-3-12(17)4-6-14/h3-6,8-9H,7H2,1-2H3,(H,18,19)(H,20,23). The predicted octanol–water partition coefficient (Wildman–Crippen LogP) is 2.53. The Labute approximate surface area is 132 Å². The highest BCUT2D eigenvalue weighted by molar-refractivity contribution is 5.92. The van der Waals surface area contributed by atoms with E-state index in [4.69, 9.17) is 0 Å². The van der Waals surface area contributed by atoms with Crippen LogP contribution in [0.5, 0.6) is 0 Å². The van der Waals surface area contributed by atoms with Crippen molar-refractivity contribution in [2.75, 3.05) is 5.32 Å². The third-order valence-corrected chi connectivity index (χ3v) is 3.63. The Morgan fingerprint density at radius 3 is 2.70 bits per heavy atom. The lowest BCUT2D eigenvalue weighted by atomic mass is 10.1. The lowest BCUT2D eigenvalue weighted by Gasteiger charge is -2.06. The molecular formula is C16H16FN5O. The number of rotatable bonds is 4. The van der Waals surface area contributed by atoms with E-state index in [2.05, 4.69) is 20.6 Å². The van der Waals surface area contributed by atoms with Crippen LogP contribution in [0.25, 0.3) is 5.69 Å². The minimum Gasteiger partial charge on any atom is -0.323 e. The van der Waals surface area contributed by atoms with E-state index in [9.17, 15) is 9.18 Å². The highest BCUT2D eigenvalue weighted by Gasteiger charge is 2.16. The van der Waals surface area contributed by atoms with Crippen molar-refractivity contribution in [3.05, 3.63) is 59.4 Å². The van der Waals surface area contributed by atoms with E-state index in [-0.39, 0.29) is 18.1 Å². The van der Waals surface area contributed by atoms with E-state index >= 15 is 0 Å². The Morgan fingerprint density at radius 2 is 2.04 bits per heavy atom. The Morgan fingerprint density at radius 1 is 1.30 bits per heavy atom. The third kappa shape index (κ3) is 3.13. The number of hydrogen-bond acceptors (Lipinski definition) is 3. The number of aryl methyl sites for hydroxylation is 1. The molecule has 0 aliphatic heterocycles. The van der Waals surface area contributed by atoms with Gasteiger partial charge in [0, 0.05) is 17.5 Å². The van der Waals surface area contributed by atoms with Crippen molar-refractivity contribution in [3.63, 3.8) is 0 Å². The van der Waals surface area contributed by atoms with Gasteiger partial charge in [-0.1, -0.05) is 0 Å². The third-order valence-electron chi connectivity index (χ3n) is 3.63. The van der Waals surface area contributed by atoms with Crippen LogP contribution >= 0.6 is 0 Å². The van der Waals surface area contributed by atoms with E-state index in [1.807, 2.05) is 13.8 Å². The first-order chi connectivity index (χ1) is 11.0. The van der Waals surface area contributed by atoms with Crippen LogP contribution in [0.1, 0.15) is 17.0 Å². The van der Waals surface area contributed by atoms with Gasteiger partial charge in [-0.05, 0) is 38.1 Å². The molecule has 0 atom stereocenters. The normalized spacial score (nSPS) is 10.7. The quantitative estimate of drug-likeness (QED) is 0.777. The molecule has 0 bridgehead atoms. The molecule has 0 radical (unpaired) electrons. The Balaban J connectivity index is 1.83. The summed E-state index contributed by atoms with van der Waals surface area (Å²) in [5.41, 5.74) is 3.87. The molecule has 7 heteroatoms. The summed E-state index contributed by atoms with van der Waals surface area (Å²) >= 11 is 0. The maximum atomic E-state index is 13.0. The summed E-state index contributed by atoms with van der Waals surface area (Å²) in [5.74, 6) is -0.439. The SMILES string of the molecule is Cc1nn(-c2ccc(F)cc2)c(C)c1CC(=O)Nc1cn[nH]c1. The summed E-state index contributed by atoms with van der Waals surface area (Å²) in [4.78, 5) is 12.1. The number of carbonyl (C=O) groups is 1. The summed E-state index contributed by atoms with van der Waals surface area (Å²) in [5, 5.41) is 13.6. The average molecular weight is 313 g/mol. The topological polar surface area (TPSA) is 75.6 Å². The van der Waals surface area contributed by atoms with Crippen molar-refractivity contribution in [2.24, 2.45) is 0 Å². The van der Waals surface area contributed by atoms with Gasteiger partial charge in [-0.3, -0.25) is 9.89 Å². The van der Waals surface area contributed by atoms with Crippen molar-refractivity contribution in [2.45, 2.75) is 20.3 Å². The number of aromatic nitrogens is 4. The summed E-state index contributed by atoms with van der Waals surface area (Å²) in [7, 11) is 0. The molecule has 1 aromatic carbocycles. The van der Waals surface area contributed by atoms with Crippen LogP contribution in [0.2, 0.25) is 0 Å². The zero-order valence-corrected chi connectivity index (χ0v) is 12.8. The highest BCUT2D eigenvalue weighted by atomic mass is 19.1. The van der Waals surface area contributed by atoms with Crippen LogP contribution in [0.4, 0.5) is 10.1 Å². The summed E-state index contributed by atoms with van der Waals surface area (Å²) in [6.45, 7) is 3.75. The molecule has 0 aliphatic rings. The fraction of sp³-hybridized carbons (Fsp3) is 0.188. The molecule has 23 heavy (non-hydrogen) atoms. The van der Waals surface area contributed by atoms with E-state index in [1.54, 1.807) is 29.2 Å². The molecule has 2 aromatic heterocycles. The lowest BCUT2D eigenvalue weighted by Crippen LogP contribution is -2.15. The first-order valence-corrected chi connectivity index (χ1v) is 7.14. The van der Waals surface area contributed by atoms with Gasteiger partial charge in [0.25, 0.3) is 0 Å². The number of H-pyrrole nitrogens is 1. The van der Waals surface area contributed by atoms with Gasteiger partial charge in [-0.2, -0.15) is 10.2 Å². The monoisotopic (exact) mass is 313 g/mol. The second-order valence-electron chi connectivity index (χ2n) is 5.25. The molecule has 2 heterocycles. The number of anilines is 1. The van der Waals surface area contributed by atoms with E-state index in [1.165, 1.54) is 12.1 Å². The minimum absolute atomic E-state index is 0.142. The van der Waals surface area contributed by atoms with Crippen molar-refractivity contribution >= 4 is 11.6 Å². The van der Waals surface area contributed by atoms with Crippen LogP contribution < -0.4 is 5.32 Å². The molecule has 1 amide bonds. The molecule has 118 valence electrons. The van der Waals surface area contributed by atoms with Gasteiger partial charge in [-0.25, -0.2) is 9.07 Å². The van der Waals surface area contributed by atoms with Crippen molar-refractivity contribution in [3.8, 4) is 5.69 Å². The van der Waals surface area contributed by atoms with Gasteiger partial charge >= 0.3 is 0 Å². The lowest BCUT2D eigenvalue weighted by molar-refractivity contribution is -0.115. The van der Waals surface area contributed by atoms with Crippen molar-refractivity contribution < 1.29 is 9.18 Å². The summed E-state index contributed by atoms with van der Waals surface area (Å²) in [6.07, 6.45) is 3.36. The van der Waals surface area contributed by atoms with E-state index in [0.29, 0.717) is 5.69 Å². The fourth-order valence-corrected chi connectivity index (χ4v) is 2.45. The molecule has 0 aliphatic carbocycles. The number of benzene rings is 1. The Kier molecular flexibility index (Phi) is 3.92. The number of hydrogen-bond donors (Lipinski definition) is 2. The van der Waals surface area contributed by atoms with Crippen LogP contribution in [-0.2, 0) is 11.2 Å². The largest absolute Gasteiger partial charge is 0.323 e. The highest BCUT2D eigenvalue weighted by Crippen LogP contribution is 2.19. The Hall–Kier alpha value is -2.96. The molecule has 6 nitrogen and oxygen atoms in total. The second kappa shape index (κ2) is 6.04. The Bertz CT molecular complexity index is 821. The van der Waals surface area contributed by atoms with Crippen LogP contribution in [0.15, 0.2) is 36.7 Å². The summed E-state index contributed by atoms with van der Waals surface area (Å²) in [6, 6.07) is 6.09. The molecule has 0 saturated carbocycles. The number of halogens is 1. The number of carbonyl (C=O) groups excluding carboxylic acids is 1. The van der Waals surface area contributed by atoms with Gasteiger partial charge in [0.05, 0.1) is 29.7 Å². The van der Waals surface area contributed by atoms with Crippen LogP contribution in [0.3, 0.4) is 0 Å². The number of amides is 1. The maximum Gasteiger partial charge on any atom is 0.229 e. The minimum atomic E-state index is -0.296. The van der Waals surface area contributed by atoms with E-state index in [0.717, 1.165) is 22.6 Å². The van der Waals surface area contributed by atoms with Crippen molar-refractivity contribution in [1.82, 2.24) is 20.0 Å². The average Bonchev–Trinajstić information content (AvgIpc) is 3.12. The predicted molar refractivity (Wildman–Crippen MR) is 83.9 cm³/mol. The zero-order valence-electron chi connectivity index (χ0n) is 12.8. The molecule has 0 spiro atoms. The smallest absolute Gasteiger partial charge is 0.229 e. The molecule has 0 unspecified atom stereocenters. The zero-order chi connectivity index (χ0) is 16.4. The van der Waals surface area contributed by atoms with Gasteiger partial charge in [0.2, 0.25) is 5.91 Å². The van der Waals surface area contributed by atoms with Crippen LogP contribution in [-0.4, -0.2) is 25.9 Å². The molecule has 3 rings (SSSR count). The van der Waals surface area contributed by atoms with Gasteiger partial charge in [0.1, 0.15) is 5.82 Å². The number of nitrogens with zero attached hydrogens (tertiary/aromatic N) is 3. The molecule has 0 saturated heterocycles. The molecular weight excluding hydrogens is 297 g/mol. The number of aromatic amines is 1. The molecule has 0 fully saturated rings. The maximum absolute atomic E-state index is 13.0. The molecule has 2 N–H and O–H groups in total. The van der Waals surface area contributed by atoms with Gasteiger partial charge in [-0.15, -0.1) is 0 Å². The fourth-order valence-electron chi connectivity index (χ4n) is 2.45. The summed E-state index contributed by atoms with van der Waals surface area (Å²) < 4.78 is 14.8. The first-order valence-electron chi connectivity index (χ1n) is 7.14. The first kappa shape index (κ1) is 15.0.